The molecule has 3 heterocycles. The molecule has 5 nitrogen and oxygen atoms in total. The smallest absolute Gasteiger partial charge is 0.310 e. The Morgan fingerprint density at radius 3 is 2.89 bits per heavy atom. The Morgan fingerprint density at radius 1 is 1.25 bits per heavy atom. The summed E-state index contributed by atoms with van der Waals surface area (Å²) in [6, 6.07) is 13.6. The zero-order valence-corrected chi connectivity index (χ0v) is 16.6. The van der Waals surface area contributed by atoms with E-state index in [2.05, 4.69) is 0 Å². The molecule has 1 amide bonds. The maximum atomic E-state index is 13.4. The first-order valence-corrected chi connectivity index (χ1v) is 10.4. The van der Waals surface area contributed by atoms with E-state index in [1.54, 1.807) is 23.2 Å². The topological polar surface area (TPSA) is 59.5 Å². The molecule has 4 rings (SSSR count). The van der Waals surface area contributed by atoms with Gasteiger partial charge in [0.15, 0.2) is 0 Å². The van der Waals surface area contributed by atoms with Gasteiger partial charge in [0.05, 0.1) is 34.2 Å². The predicted octanol–water partition coefficient (Wildman–Crippen LogP) is 4.38. The summed E-state index contributed by atoms with van der Waals surface area (Å²) in [5.41, 5.74) is 2.24. The largest absolute Gasteiger partial charge is 0.466 e. The number of carbonyl (C=O) groups excluding carboxylic acids is 2. The van der Waals surface area contributed by atoms with Gasteiger partial charge in [-0.15, -0.1) is 11.3 Å². The first-order chi connectivity index (χ1) is 13.7. The van der Waals surface area contributed by atoms with Crippen molar-refractivity contribution in [1.82, 2.24) is 9.88 Å². The summed E-state index contributed by atoms with van der Waals surface area (Å²) in [7, 11) is 0. The maximum absolute atomic E-state index is 13.4. The maximum Gasteiger partial charge on any atom is 0.310 e. The lowest BCUT2D eigenvalue weighted by Crippen LogP contribution is -2.42. The molecule has 1 saturated heterocycles. The number of likely N-dealkylation sites (tertiary alicyclic amines) is 1. The van der Waals surface area contributed by atoms with E-state index in [1.165, 1.54) is 0 Å². The average Bonchev–Trinajstić information content (AvgIpc) is 3.28. The minimum atomic E-state index is -0.248. The molecule has 0 radical (unpaired) electrons. The molecule has 2 aromatic heterocycles. The van der Waals surface area contributed by atoms with E-state index in [-0.39, 0.29) is 17.8 Å². The SMILES string of the molecule is CCOC(=O)[C@@H]1CCCN(C(=O)c2cc(-c3cccs3)nc3ccccc23)C1. The van der Waals surface area contributed by atoms with Gasteiger partial charge in [0.25, 0.3) is 5.91 Å². The predicted molar refractivity (Wildman–Crippen MR) is 110 cm³/mol. The molecular formula is C22H22N2O3S. The number of ether oxygens (including phenoxy) is 1. The average molecular weight is 394 g/mol. The molecule has 0 N–H and O–H groups in total. The summed E-state index contributed by atoms with van der Waals surface area (Å²) in [6.45, 7) is 3.23. The van der Waals surface area contributed by atoms with Crippen molar-refractivity contribution in [2.75, 3.05) is 19.7 Å². The highest BCUT2D eigenvalue weighted by Gasteiger charge is 2.30. The van der Waals surface area contributed by atoms with Gasteiger partial charge >= 0.3 is 5.97 Å². The van der Waals surface area contributed by atoms with Gasteiger partial charge in [-0.1, -0.05) is 24.3 Å². The number of esters is 1. The minimum Gasteiger partial charge on any atom is -0.466 e. The molecule has 0 unspecified atom stereocenters. The van der Waals surface area contributed by atoms with Crippen LogP contribution in [0, 0.1) is 5.92 Å². The third-order valence-corrected chi connectivity index (χ3v) is 5.94. The van der Waals surface area contributed by atoms with E-state index in [1.807, 2.05) is 47.8 Å². The number of hydrogen-bond acceptors (Lipinski definition) is 5. The number of nitrogens with zero attached hydrogens (tertiary/aromatic N) is 2. The second kappa shape index (κ2) is 8.10. The quantitative estimate of drug-likeness (QED) is 0.616. The number of para-hydroxylation sites is 1. The molecule has 1 fully saturated rings. The first-order valence-electron chi connectivity index (χ1n) is 9.57. The number of aromatic nitrogens is 1. The minimum absolute atomic E-state index is 0.0506. The van der Waals surface area contributed by atoms with E-state index in [0.29, 0.717) is 25.3 Å². The van der Waals surface area contributed by atoms with Gasteiger partial charge in [0, 0.05) is 18.5 Å². The summed E-state index contributed by atoms with van der Waals surface area (Å²) < 4.78 is 5.17. The van der Waals surface area contributed by atoms with Crippen LogP contribution in [-0.2, 0) is 9.53 Å². The van der Waals surface area contributed by atoms with Crippen molar-refractivity contribution in [2.45, 2.75) is 19.8 Å². The number of pyridine rings is 1. The molecule has 0 aliphatic carbocycles. The Labute approximate surface area is 168 Å². The van der Waals surface area contributed by atoms with Crippen LogP contribution >= 0.6 is 11.3 Å². The molecule has 1 atom stereocenters. The van der Waals surface area contributed by atoms with Crippen LogP contribution < -0.4 is 0 Å². The number of benzene rings is 1. The molecule has 28 heavy (non-hydrogen) atoms. The van der Waals surface area contributed by atoms with Crippen molar-refractivity contribution in [3.8, 4) is 10.6 Å². The molecule has 1 aromatic carbocycles. The second-order valence-electron chi connectivity index (χ2n) is 6.89. The van der Waals surface area contributed by atoms with Crippen LogP contribution in [0.15, 0.2) is 47.8 Å². The van der Waals surface area contributed by atoms with E-state index < -0.39 is 0 Å². The van der Waals surface area contributed by atoms with Gasteiger partial charge in [-0.05, 0) is 43.3 Å². The van der Waals surface area contributed by atoms with Crippen molar-refractivity contribution < 1.29 is 14.3 Å². The van der Waals surface area contributed by atoms with Crippen LogP contribution in [0.3, 0.4) is 0 Å². The van der Waals surface area contributed by atoms with Gasteiger partial charge in [0.2, 0.25) is 0 Å². The van der Waals surface area contributed by atoms with Crippen LogP contribution in [-0.4, -0.2) is 41.5 Å². The molecule has 0 bridgehead atoms. The van der Waals surface area contributed by atoms with Gasteiger partial charge in [0.1, 0.15) is 0 Å². The van der Waals surface area contributed by atoms with E-state index in [4.69, 9.17) is 9.72 Å². The van der Waals surface area contributed by atoms with E-state index >= 15 is 0 Å². The van der Waals surface area contributed by atoms with Crippen molar-refractivity contribution in [3.63, 3.8) is 0 Å². The Kier molecular flexibility index (Phi) is 5.39. The second-order valence-corrected chi connectivity index (χ2v) is 7.84. The molecule has 3 aromatic rings. The third-order valence-electron chi connectivity index (χ3n) is 5.05. The highest BCUT2D eigenvalue weighted by Crippen LogP contribution is 2.29. The van der Waals surface area contributed by atoms with Gasteiger partial charge < -0.3 is 9.64 Å². The van der Waals surface area contributed by atoms with Gasteiger partial charge in [-0.2, -0.15) is 0 Å². The van der Waals surface area contributed by atoms with Crippen LogP contribution in [0.4, 0.5) is 0 Å². The molecule has 1 aliphatic heterocycles. The van der Waals surface area contributed by atoms with Crippen LogP contribution in [0.1, 0.15) is 30.1 Å². The molecule has 1 aliphatic rings. The summed E-state index contributed by atoms with van der Waals surface area (Å²) in [5, 5.41) is 2.84. The normalized spacial score (nSPS) is 16.9. The van der Waals surface area contributed by atoms with E-state index in [9.17, 15) is 9.59 Å². The standard InChI is InChI=1S/C22H22N2O3S/c1-2-27-22(26)15-7-5-11-24(14-15)21(25)17-13-19(20-10-6-12-28-20)23-18-9-4-3-8-16(17)18/h3-4,6,8-10,12-13,15H,2,5,7,11,14H2,1H3/t15-/m1/s1. The molecule has 0 spiro atoms. The zero-order valence-electron chi connectivity index (χ0n) is 15.8. The lowest BCUT2D eigenvalue weighted by atomic mass is 9.97. The number of carbonyl (C=O) groups is 2. The lowest BCUT2D eigenvalue weighted by molar-refractivity contribution is -0.149. The van der Waals surface area contributed by atoms with Crippen LogP contribution in [0.2, 0.25) is 0 Å². The summed E-state index contributed by atoms with van der Waals surface area (Å²) >= 11 is 1.60. The number of thiophene rings is 1. The van der Waals surface area contributed by atoms with Gasteiger partial charge in [-0.3, -0.25) is 9.59 Å². The fraction of sp³-hybridized carbons (Fsp3) is 0.318. The van der Waals surface area contributed by atoms with Crippen molar-refractivity contribution in [2.24, 2.45) is 5.92 Å². The number of hydrogen-bond donors (Lipinski definition) is 0. The number of piperidine rings is 1. The fourth-order valence-electron chi connectivity index (χ4n) is 3.69. The fourth-order valence-corrected chi connectivity index (χ4v) is 4.37. The van der Waals surface area contributed by atoms with Crippen molar-refractivity contribution in [1.29, 1.82) is 0 Å². The van der Waals surface area contributed by atoms with Crippen LogP contribution in [0.25, 0.3) is 21.5 Å². The molecule has 6 heteroatoms. The Hall–Kier alpha value is -2.73. The van der Waals surface area contributed by atoms with Crippen molar-refractivity contribution in [3.05, 3.63) is 53.4 Å². The number of rotatable bonds is 4. The molecule has 144 valence electrons. The zero-order chi connectivity index (χ0) is 19.5. The Morgan fingerprint density at radius 2 is 2.11 bits per heavy atom. The number of amides is 1. The van der Waals surface area contributed by atoms with E-state index in [0.717, 1.165) is 34.3 Å². The number of fused-ring (bicyclic) bond motifs is 1. The Bertz CT molecular complexity index is 1000. The summed E-state index contributed by atoms with van der Waals surface area (Å²) in [5.74, 6) is -0.508. The Balaban J connectivity index is 1.69. The lowest BCUT2D eigenvalue weighted by Gasteiger charge is -2.32. The molecule has 0 saturated carbocycles. The van der Waals surface area contributed by atoms with Gasteiger partial charge in [-0.25, -0.2) is 4.98 Å². The molecular weight excluding hydrogens is 372 g/mol. The first kappa shape index (κ1) is 18.6. The van der Waals surface area contributed by atoms with Crippen molar-refractivity contribution >= 4 is 34.1 Å². The third kappa shape index (κ3) is 3.64. The highest BCUT2D eigenvalue weighted by molar-refractivity contribution is 7.13. The summed E-state index contributed by atoms with van der Waals surface area (Å²) in [6.07, 6.45) is 1.57. The summed E-state index contributed by atoms with van der Waals surface area (Å²) in [4.78, 5) is 33.1. The highest BCUT2D eigenvalue weighted by atomic mass is 32.1. The van der Waals surface area contributed by atoms with Crippen LogP contribution in [0.5, 0.6) is 0 Å². The monoisotopic (exact) mass is 394 g/mol.